The summed E-state index contributed by atoms with van der Waals surface area (Å²) in [6.45, 7) is 7.09. The second-order valence-electron chi connectivity index (χ2n) is 8.76. The second kappa shape index (κ2) is 9.12. The minimum absolute atomic E-state index is 0.323. The summed E-state index contributed by atoms with van der Waals surface area (Å²) in [4.78, 5) is 2.39. The molecular weight excluding hydrogens is 392 g/mol. The van der Waals surface area contributed by atoms with Crippen LogP contribution >= 0.6 is 0 Å². The maximum Gasteiger partial charge on any atom is 0.120 e. The average molecular weight is 425 g/mol. The molecule has 32 heavy (non-hydrogen) atoms. The van der Waals surface area contributed by atoms with Gasteiger partial charge in [0.15, 0.2) is 0 Å². The highest BCUT2D eigenvalue weighted by Gasteiger charge is 2.38. The molecule has 2 aliphatic rings. The lowest BCUT2D eigenvalue weighted by Crippen LogP contribution is -2.29. The van der Waals surface area contributed by atoms with Crippen molar-refractivity contribution in [1.82, 2.24) is 0 Å². The monoisotopic (exact) mass is 424 g/mol. The Kier molecular flexibility index (Phi) is 5.89. The number of nitrogens with one attached hydrogen (secondary N) is 1. The van der Waals surface area contributed by atoms with E-state index in [1.165, 1.54) is 28.1 Å². The van der Waals surface area contributed by atoms with E-state index in [1.54, 1.807) is 0 Å². The van der Waals surface area contributed by atoms with E-state index in [-0.39, 0.29) is 0 Å². The van der Waals surface area contributed by atoms with Crippen LogP contribution in [0.5, 0.6) is 5.75 Å². The quantitative estimate of drug-likeness (QED) is 0.416. The molecule has 1 N–H and O–H groups in total. The molecule has 1 aliphatic heterocycles. The van der Waals surface area contributed by atoms with Crippen molar-refractivity contribution in [3.8, 4) is 5.75 Å². The molecule has 0 amide bonds. The highest BCUT2D eigenvalue weighted by atomic mass is 16.5. The number of fused-ring (bicyclic) bond motifs is 3. The molecule has 3 nitrogen and oxygen atoms in total. The van der Waals surface area contributed by atoms with Gasteiger partial charge in [-0.2, -0.15) is 0 Å². The minimum atomic E-state index is 0.323. The zero-order valence-electron chi connectivity index (χ0n) is 19.0. The number of benzene rings is 3. The Labute approximate surface area is 191 Å². The van der Waals surface area contributed by atoms with Crippen molar-refractivity contribution in [3.63, 3.8) is 0 Å². The molecule has 1 heterocycles. The molecule has 0 bridgehead atoms. The predicted octanol–water partition coefficient (Wildman–Crippen LogP) is 6.94. The summed E-state index contributed by atoms with van der Waals surface area (Å²) in [5, 5.41) is 3.85. The second-order valence-corrected chi connectivity index (χ2v) is 8.76. The van der Waals surface area contributed by atoms with Gasteiger partial charge in [-0.15, -0.1) is 0 Å². The fourth-order valence-electron chi connectivity index (χ4n) is 5.21. The number of anilines is 2. The predicted molar refractivity (Wildman–Crippen MR) is 134 cm³/mol. The van der Waals surface area contributed by atoms with E-state index in [4.69, 9.17) is 4.74 Å². The van der Waals surface area contributed by atoms with Crippen molar-refractivity contribution in [2.24, 2.45) is 5.92 Å². The van der Waals surface area contributed by atoms with Gasteiger partial charge in [0, 0.05) is 30.4 Å². The smallest absolute Gasteiger partial charge is 0.120 e. The molecule has 164 valence electrons. The van der Waals surface area contributed by atoms with Crippen LogP contribution in [0.3, 0.4) is 0 Å². The molecule has 0 spiro atoms. The fourth-order valence-corrected chi connectivity index (χ4v) is 5.21. The van der Waals surface area contributed by atoms with Gasteiger partial charge in [-0.05, 0) is 73.2 Å². The minimum Gasteiger partial charge on any atom is -0.489 e. The van der Waals surface area contributed by atoms with E-state index < -0.39 is 0 Å². The first-order valence-corrected chi connectivity index (χ1v) is 11.9. The Bertz CT molecular complexity index is 1070. The van der Waals surface area contributed by atoms with Gasteiger partial charge in [0.1, 0.15) is 12.4 Å². The molecule has 0 saturated heterocycles. The van der Waals surface area contributed by atoms with E-state index in [2.05, 4.69) is 103 Å². The molecule has 1 aliphatic carbocycles. The first-order valence-electron chi connectivity index (χ1n) is 11.9. The van der Waals surface area contributed by atoms with Gasteiger partial charge in [-0.3, -0.25) is 0 Å². The summed E-state index contributed by atoms with van der Waals surface area (Å²) < 4.78 is 6.12. The van der Waals surface area contributed by atoms with E-state index in [0.29, 0.717) is 24.5 Å². The number of hydrogen-bond donors (Lipinski definition) is 1. The zero-order chi connectivity index (χ0) is 21.9. The van der Waals surface area contributed by atoms with Crippen LogP contribution in [0.4, 0.5) is 11.4 Å². The van der Waals surface area contributed by atoms with E-state index in [0.717, 1.165) is 25.3 Å². The standard InChI is InChI=1S/C29H32N2O/c1-3-31(4-2)23-15-13-22(14-16-23)29-26-12-8-11-25(26)27-19-24(17-18-28(27)30-29)32-20-21-9-6-5-7-10-21/h5-11,13-19,25-26,29-30H,3-4,12,20H2,1-2H3. The molecule has 0 aromatic heterocycles. The van der Waals surface area contributed by atoms with E-state index in [1.807, 2.05) is 6.07 Å². The van der Waals surface area contributed by atoms with E-state index in [9.17, 15) is 0 Å². The Balaban J connectivity index is 1.37. The fraction of sp³-hybridized carbons (Fsp3) is 0.310. The number of hydrogen-bond acceptors (Lipinski definition) is 3. The highest BCUT2D eigenvalue weighted by Crippen LogP contribution is 2.50. The van der Waals surface area contributed by atoms with Gasteiger partial charge in [0.05, 0.1) is 6.04 Å². The summed E-state index contributed by atoms with van der Waals surface area (Å²) in [5.74, 6) is 1.90. The Morgan fingerprint density at radius 3 is 2.47 bits per heavy atom. The van der Waals surface area contributed by atoms with Crippen molar-refractivity contribution < 1.29 is 4.74 Å². The van der Waals surface area contributed by atoms with Crippen molar-refractivity contribution in [3.05, 3.63) is 102 Å². The third-order valence-corrected chi connectivity index (χ3v) is 6.96. The van der Waals surface area contributed by atoms with Gasteiger partial charge in [0.2, 0.25) is 0 Å². The topological polar surface area (TPSA) is 24.5 Å². The van der Waals surface area contributed by atoms with Gasteiger partial charge in [-0.25, -0.2) is 0 Å². The van der Waals surface area contributed by atoms with Crippen LogP contribution in [0.15, 0.2) is 84.9 Å². The molecule has 0 radical (unpaired) electrons. The lowest BCUT2D eigenvalue weighted by Gasteiger charge is -2.38. The van der Waals surface area contributed by atoms with Crippen molar-refractivity contribution in [2.75, 3.05) is 23.3 Å². The number of rotatable bonds is 7. The third-order valence-electron chi connectivity index (χ3n) is 6.96. The van der Waals surface area contributed by atoms with Crippen molar-refractivity contribution >= 4 is 11.4 Å². The molecule has 3 heteroatoms. The summed E-state index contributed by atoms with van der Waals surface area (Å²) in [6.07, 6.45) is 5.85. The van der Waals surface area contributed by atoms with Crippen LogP contribution in [-0.4, -0.2) is 13.1 Å². The zero-order valence-corrected chi connectivity index (χ0v) is 19.0. The molecule has 3 atom stereocenters. The van der Waals surface area contributed by atoms with E-state index >= 15 is 0 Å². The molecule has 3 unspecified atom stereocenters. The molecule has 0 fully saturated rings. The van der Waals surface area contributed by atoms with Gasteiger partial charge < -0.3 is 15.0 Å². The normalized spacial score (nSPS) is 20.9. The Hall–Kier alpha value is -3.20. The maximum atomic E-state index is 6.12. The first kappa shape index (κ1) is 20.7. The molecule has 3 aromatic rings. The van der Waals surface area contributed by atoms with Gasteiger partial charge in [-0.1, -0.05) is 54.6 Å². The van der Waals surface area contributed by atoms with Gasteiger partial charge in [0.25, 0.3) is 0 Å². The highest BCUT2D eigenvalue weighted by molar-refractivity contribution is 5.62. The molecule has 0 saturated carbocycles. The summed E-state index contributed by atoms with van der Waals surface area (Å²) in [5.41, 5.74) is 6.44. The van der Waals surface area contributed by atoms with Crippen LogP contribution in [0.1, 0.15) is 48.9 Å². The van der Waals surface area contributed by atoms with Crippen molar-refractivity contribution in [1.29, 1.82) is 0 Å². The summed E-state index contributed by atoms with van der Waals surface area (Å²) in [6, 6.07) is 26.4. The first-order chi connectivity index (χ1) is 15.8. The average Bonchev–Trinajstić information content (AvgIpc) is 3.35. The lowest BCUT2D eigenvalue weighted by atomic mass is 9.77. The van der Waals surface area contributed by atoms with Crippen LogP contribution < -0.4 is 15.0 Å². The third kappa shape index (κ3) is 4.00. The van der Waals surface area contributed by atoms with Crippen LogP contribution in [-0.2, 0) is 6.61 Å². The number of allylic oxidation sites excluding steroid dienone is 2. The number of ether oxygens (including phenoxy) is 1. The SMILES string of the molecule is CCN(CC)c1ccc(C2Nc3ccc(OCc4ccccc4)cc3C3C=CCC32)cc1. The lowest BCUT2D eigenvalue weighted by molar-refractivity contribution is 0.305. The van der Waals surface area contributed by atoms with Crippen molar-refractivity contribution in [2.45, 2.75) is 38.8 Å². The Morgan fingerprint density at radius 2 is 1.72 bits per heavy atom. The summed E-state index contributed by atoms with van der Waals surface area (Å²) in [7, 11) is 0. The number of nitrogens with zero attached hydrogens (tertiary/aromatic N) is 1. The Morgan fingerprint density at radius 1 is 0.938 bits per heavy atom. The van der Waals surface area contributed by atoms with Gasteiger partial charge >= 0.3 is 0 Å². The molecule has 3 aromatic carbocycles. The van der Waals surface area contributed by atoms with Crippen LogP contribution in [0, 0.1) is 5.92 Å². The van der Waals surface area contributed by atoms with Crippen LogP contribution in [0.25, 0.3) is 0 Å². The summed E-state index contributed by atoms with van der Waals surface area (Å²) >= 11 is 0. The maximum absolute atomic E-state index is 6.12. The van der Waals surface area contributed by atoms with Crippen LogP contribution in [0.2, 0.25) is 0 Å². The molecule has 5 rings (SSSR count). The molecular formula is C29H32N2O. The largest absolute Gasteiger partial charge is 0.489 e.